The predicted octanol–water partition coefficient (Wildman–Crippen LogP) is 3.22. The quantitative estimate of drug-likeness (QED) is 0.395. The Hall–Kier alpha value is -3.73. The van der Waals surface area contributed by atoms with E-state index in [0.29, 0.717) is 5.69 Å². The van der Waals surface area contributed by atoms with Gasteiger partial charge in [0.15, 0.2) is 5.76 Å². The van der Waals surface area contributed by atoms with E-state index < -0.39 is 64.5 Å². The van der Waals surface area contributed by atoms with Crippen molar-refractivity contribution in [2.24, 2.45) is 23.2 Å². The number of nitrogens with zero attached hydrogens (tertiary/aromatic N) is 1. The Labute approximate surface area is 231 Å². The van der Waals surface area contributed by atoms with E-state index in [4.69, 9.17) is 23.4 Å². The molecule has 11 heteroatoms. The van der Waals surface area contributed by atoms with Gasteiger partial charge in [-0.25, -0.2) is 4.79 Å². The van der Waals surface area contributed by atoms with E-state index >= 15 is 0 Å². The van der Waals surface area contributed by atoms with Crippen molar-refractivity contribution in [2.45, 2.75) is 65.8 Å². The number of carbonyl (C=O) groups is 3. The van der Waals surface area contributed by atoms with Gasteiger partial charge in [-0.2, -0.15) is 0 Å². The molecule has 2 aromatic rings. The number of fused-ring (bicyclic) bond motifs is 2. The average Bonchev–Trinajstić information content (AvgIpc) is 2.85. The molecule has 2 aromatic heterocycles. The highest BCUT2D eigenvalue weighted by Crippen LogP contribution is 2.61. The van der Waals surface area contributed by atoms with Crippen LogP contribution in [0.15, 0.2) is 39.7 Å². The predicted molar refractivity (Wildman–Crippen MR) is 140 cm³/mol. The van der Waals surface area contributed by atoms with Gasteiger partial charge < -0.3 is 28.5 Å². The van der Waals surface area contributed by atoms with Gasteiger partial charge in [0.1, 0.15) is 28.7 Å². The molecule has 11 nitrogen and oxygen atoms in total. The van der Waals surface area contributed by atoms with E-state index in [0.717, 1.165) is 0 Å². The van der Waals surface area contributed by atoms with E-state index in [1.165, 1.54) is 26.8 Å². The Balaban J connectivity index is 1.83. The van der Waals surface area contributed by atoms with Crippen molar-refractivity contribution < 1.29 is 42.9 Å². The zero-order valence-corrected chi connectivity index (χ0v) is 23.5. The third-order valence-corrected chi connectivity index (χ3v) is 8.17. The maximum Gasteiger partial charge on any atom is 0.345 e. The standard InChI is InChI=1S/C29H35NO10/c1-15(31)36-13-18(14-37-16(2)32)19-11-23(38-17(3)33)29(6)26(28(19,4)5)25(34)24-22(40-29)12-21(39-27(24)35)20-9-7-8-10-30-20/h7-10,12,18-19,23,25-26,34H,11,13-14H2,1-6H3/t19-,23-,25-,26+,29+/m0/s1. The van der Waals surface area contributed by atoms with Crippen LogP contribution in [0.1, 0.15) is 59.6 Å². The molecule has 0 radical (unpaired) electrons. The largest absolute Gasteiger partial charge is 0.482 e. The number of hydrogen-bond acceptors (Lipinski definition) is 11. The van der Waals surface area contributed by atoms with Crippen LogP contribution in [0.5, 0.6) is 5.75 Å². The van der Waals surface area contributed by atoms with Crippen LogP contribution in [-0.4, -0.2) is 52.9 Å². The van der Waals surface area contributed by atoms with Crippen molar-refractivity contribution in [1.29, 1.82) is 0 Å². The minimum Gasteiger partial charge on any atom is -0.482 e. The molecule has 3 heterocycles. The summed E-state index contributed by atoms with van der Waals surface area (Å²) < 4.78 is 28.5. The SMILES string of the molecule is CC(=O)OCC(COC(C)=O)[C@@H]1C[C@H](OC(C)=O)[C@@]2(C)Oc3cc(-c4ccccn4)oc(=O)c3[C@H](O)[C@@H]2C1(C)C. The Morgan fingerprint density at radius 3 is 2.27 bits per heavy atom. The second kappa shape index (κ2) is 11.0. The number of aliphatic hydroxyl groups excluding tert-OH is 1. The lowest BCUT2D eigenvalue weighted by atomic mass is 9.50. The molecule has 0 unspecified atom stereocenters. The van der Waals surface area contributed by atoms with E-state index in [9.17, 15) is 24.3 Å². The molecule has 40 heavy (non-hydrogen) atoms. The Kier molecular flexibility index (Phi) is 8.07. The third-order valence-electron chi connectivity index (χ3n) is 8.17. The van der Waals surface area contributed by atoms with Crippen LogP contribution in [0.25, 0.3) is 11.5 Å². The number of rotatable bonds is 7. The lowest BCUT2D eigenvalue weighted by Gasteiger charge is -2.60. The summed E-state index contributed by atoms with van der Waals surface area (Å²) in [5.74, 6) is -2.94. The van der Waals surface area contributed by atoms with E-state index in [2.05, 4.69) is 4.98 Å². The summed E-state index contributed by atoms with van der Waals surface area (Å²) in [5, 5.41) is 11.8. The fraction of sp³-hybridized carbons (Fsp3) is 0.552. The van der Waals surface area contributed by atoms with E-state index in [-0.39, 0.29) is 36.7 Å². The molecule has 1 N–H and O–H groups in total. The number of carbonyl (C=O) groups excluding carboxylic acids is 3. The smallest absolute Gasteiger partial charge is 0.345 e. The molecule has 216 valence electrons. The van der Waals surface area contributed by atoms with Crippen molar-refractivity contribution >= 4 is 17.9 Å². The summed E-state index contributed by atoms with van der Waals surface area (Å²) in [5.41, 5.74) is -2.48. The van der Waals surface area contributed by atoms with Crippen LogP contribution in [0.3, 0.4) is 0 Å². The summed E-state index contributed by atoms with van der Waals surface area (Å²) in [6.45, 7) is 9.28. The van der Waals surface area contributed by atoms with Crippen LogP contribution in [0.2, 0.25) is 0 Å². The summed E-state index contributed by atoms with van der Waals surface area (Å²) in [6, 6.07) is 6.67. The van der Waals surface area contributed by atoms with Gasteiger partial charge >= 0.3 is 23.5 Å². The summed E-state index contributed by atoms with van der Waals surface area (Å²) >= 11 is 0. The summed E-state index contributed by atoms with van der Waals surface area (Å²) in [7, 11) is 0. The van der Waals surface area contributed by atoms with Gasteiger partial charge in [-0.3, -0.25) is 19.4 Å². The van der Waals surface area contributed by atoms with Crippen molar-refractivity contribution in [1.82, 2.24) is 4.98 Å². The number of pyridine rings is 1. The van der Waals surface area contributed by atoms with Gasteiger partial charge in [-0.05, 0) is 36.8 Å². The van der Waals surface area contributed by atoms with Crippen molar-refractivity contribution in [3.63, 3.8) is 0 Å². The molecule has 1 aliphatic heterocycles. The molecule has 4 rings (SSSR count). The molecule has 0 saturated heterocycles. The normalized spacial score (nSPS) is 26.6. The molecule has 2 aliphatic rings. The molecule has 0 spiro atoms. The number of hydrogen-bond donors (Lipinski definition) is 1. The maximum absolute atomic E-state index is 13.3. The third kappa shape index (κ3) is 5.47. The summed E-state index contributed by atoms with van der Waals surface area (Å²) in [6.07, 6.45) is -0.409. The number of aromatic nitrogens is 1. The first-order valence-electron chi connectivity index (χ1n) is 13.2. The number of esters is 3. The topological polar surface area (TPSA) is 151 Å². The van der Waals surface area contributed by atoms with Crippen LogP contribution < -0.4 is 10.4 Å². The molecule has 1 fully saturated rings. The van der Waals surface area contributed by atoms with Crippen LogP contribution in [-0.2, 0) is 28.6 Å². The van der Waals surface area contributed by atoms with Gasteiger partial charge in [0.2, 0.25) is 0 Å². The highest BCUT2D eigenvalue weighted by Gasteiger charge is 2.65. The van der Waals surface area contributed by atoms with Crippen LogP contribution in [0, 0.1) is 23.2 Å². The highest BCUT2D eigenvalue weighted by molar-refractivity contribution is 5.67. The van der Waals surface area contributed by atoms with Crippen molar-refractivity contribution in [3.05, 3.63) is 46.4 Å². The van der Waals surface area contributed by atoms with Crippen LogP contribution >= 0.6 is 0 Å². The molecule has 1 saturated carbocycles. The summed E-state index contributed by atoms with van der Waals surface area (Å²) in [4.78, 5) is 53.1. The second-order valence-electron chi connectivity index (χ2n) is 11.2. The van der Waals surface area contributed by atoms with Gasteiger partial charge in [0.25, 0.3) is 0 Å². The molecule has 0 amide bonds. The Morgan fingerprint density at radius 1 is 1.07 bits per heavy atom. The van der Waals surface area contributed by atoms with E-state index in [1.54, 1.807) is 31.3 Å². The first kappa shape index (κ1) is 29.3. The highest BCUT2D eigenvalue weighted by atomic mass is 16.6. The minimum atomic E-state index is -1.36. The molecule has 0 bridgehead atoms. The zero-order chi connectivity index (χ0) is 29.4. The van der Waals surface area contributed by atoms with Gasteiger partial charge in [0.05, 0.1) is 19.3 Å². The van der Waals surface area contributed by atoms with Gasteiger partial charge in [-0.1, -0.05) is 19.9 Å². The molecule has 1 aliphatic carbocycles. The molecular weight excluding hydrogens is 522 g/mol. The molecule has 0 aromatic carbocycles. The van der Waals surface area contributed by atoms with Crippen molar-refractivity contribution in [3.8, 4) is 17.2 Å². The van der Waals surface area contributed by atoms with E-state index in [1.807, 2.05) is 13.8 Å². The fourth-order valence-corrected chi connectivity index (χ4v) is 6.55. The van der Waals surface area contributed by atoms with Gasteiger partial charge in [0, 0.05) is 44.9 Å². The molecule has 5 atom stereocenters. The monoisotopic (exact) mass is 557 g/mol. The lowest BCUT2D eigenvalue weighted by Crippen LogP contribution is -2.67. The number of aliphatic hydroxyl groups is 1. The van der Waals surface area contributed by atoms with Gasteiger partial charge in [-0.15, -0.1) is 0 Å². The second-order valence-corrected chi connectivity index (χ2v) is 11.2. The van der Waals surface area contributed by atoms with Crippen LogP contribution in [0.4, 0.5) is 0 Å². The first-order chi connectivity index (χ1) is 18.8. The lowest BCUT2D eigenvalue weighted by molar-refractivity contribution is -0.234. The van der Waals surface area contributed by atoms with Crippen molar-refractivity contribution in [2.75, 3.05) is 13.2 Å². The molecular formula is C29H35NO10. The minimum absolute atomic E-state index is 0.0472. The maximum atomic E-state index is 13.3. The average molecular weight is 558 g/mol. The zero-order valence-electron chi connectivity index (χ0n) is 23.5. The number of ether oxygens (including phenoxy) is 4. The Bertz CT molecular complexity index is 1320. The first-order valence-corrected chi connectivity index (χ1v) is 13.2. The fourth-order valence-electron chi connectivity index (χ4n) is 6.55. The Morgan fingerprint density at radius 2 is 1.73 bits per heavy atom.